The lowest BCUT2D eigenvalue weighted by molar-refractivity contribution is -0.333. The second-order valence-electron chi connectivity index (χ2n) is 7.41. The number of alkyl halides is 8. The van der Waals surface area contributed by atoms with Gasteiger partial charge in [0.15, 0.2) is 0 Å². The van der Waals surface area contributed by atoms with E-state index in [-0.39, 0.29) is 5.54 Å². The third kappa shape index (κ3) is 15.1. The van der Waals surface area contributed by atoms with Crippen LogP contribution in [0.2, 0.25) is 0 Å². The average Bonchev–Trinajstić information content (AvgIpc) is 2.48. The Labute approximate surface area is 172 Å². The van der Waals surface area contributed by atoms with Crippen LogP contribution in [0.4, 0.5) is 35.1 Å². The van der Waals surface area contributed by atoms with Gasteiger partial charge in [0.05, 0.1) is 0 Å². The molecule has 0 rings (SSSR count). The summed E-state index contributed by atoms with van der Waals surface area (Å²) in [7, 11) is -4.67. The third-order valence-electron chi connectivity index (χ3n) is 4.00. The van der Waals surface area contributed by atoms with Crippen LogP contribution >= 0.6 is 0 Å². The van der Waals surface area contributed by atoms with Gasteiger partial charge < -0.3 is 5.73 Å². The zero-order chi connectivity index (χ0) is 25.2. The van der Waals surface area contributed by atoms with Crippen molar-refractivity contribution in [2.24, 2.45) is 11.7 Å². The molecule has 0 aromatic carbocycles. The number of unbranched alkanes of at least 4 members (excludes halogenated alkanes) is 3. The number of hydrogen-bond acceptors (Lipinski definition) is 3. The fraction of sp³-hybridized carbons (Fsp3) is 1.00. The highest BCUT2D eigenvalue weighted by atomic mass is 32.3. The third-order valence-corrected chi connectivity index (χ3v) is 4.00. The van der Waals surface area contributed by atoms with Crippen LogP contribution in [-0.2, 0) is 10.4 Å². The Morgan fingerprint density at radius 1 is 0.900 bits per heavy atom. The molecule has 0 bridgehead atoms. The summed E-state index contributed by atoms with van der Waals surface area (Å²) in [5.41, 5.74) is 6.00. The van der Waals surface area contributed by atoms with Crippen molar-refractivity contribution in [3.8, 4) is 0 Å². The van der Waals surface area contributed by atoms with Gasteiger partial charge in [-0.15, -0.1) is 0 Å². The number of halogens is 8. The minimum atomic E-state index is -6.06. The summed E-state index contributed by atoms with van der Waals surface area (Å²) >= 11 is 0. The van der Waals surface area contributed by atoms with Crippen LogP contribution in [0, 0.1) is 5.92 Å². The Morgan fingerprint density at radius 2 is 1.27 bits per heavy atom. The van der Waals surface area contributed by atoms with E-state index in [2.05, 4.69) is 27.7 Å². The molecule has 0 spiro atoms. The molecule has 0 amide bonds. The monoisotopic (exact) mass is 485 g/mol. The van der Waals surface area contributed by atoms with Crippen LogP contribution in [0.1, 0.15) is 66.7 Å². The van der Waals surface area contributed by atoms with Gasteiger partial charge in [0.25, 0.3) is 0 Å². The Kier molecular flexibility index (Phi) is 14.6. The predicted octanol–water partition coefficient (Wildman–Crippen LogP) is 5.85. The molecule has 4 N–H and O–H groups in total. The van der Waals surface area contributed by atoms with Crippen molar-refractivity contribution in [1.29, 1.82) is 0 Å². The maximum atomic E-state index is 12.0. The molecule has 0 saturated heterocycles. The Balaban J connectivity index is -0.000000399. The van der Waals surface area contributed by atoms with E-state index in [4.69, 9.17) is 23.3 Å². The van der Waals surface area contributed by atoms with Gasteiger partial charge in [0.2, 0.25) is 0 Å². The van der Waals surface area contributed by atoms with Crippen LogP contribution < -0.4 is 5.73 Å². The normalized spacial score (nSPS) is 14.4. The molecule has 1 unspecified atom stereocenters. The van der Waals surface area contributed by atoms with Crippen molar-refractivity contribution in [2.45, 2.75) is 96.5 Å². The van der Waals surface area contributed by atoms with Crippen LogP contribution in [0.25, 0.3) is 0 Å². The maximum absolute atomic E-state index is 12.0. The van der Waals surface area contributed by atoms with Crippen LogP contribution in [0.15, 0.2) is 0 Å². The van der Waals surface area contributed by atoms with Gasteiger partial charge in [-0.1, -0.05) is 39.5 Å². The summed E-state index contributed by atoms with van der Waals surface area (Å²) in [6, 6.07) is 0. The zero-order valence-corrected chi connectivity index (χ0v) is 18.2. The van der Waals surface area contributed by atoms with E-state index in [1.165, 1.54) is 32.1 Å². The molecule has 186 valence electrons. The van der Waals surface area contributed by atoms with Crippen molar-refractivity contribution in [1.82, 2.24) is 0 Å². The molecular weight excluding hydrogens is 454 g/mol. The van der Waals surface area contributed by atoms with E-state index in [0.717, 1.165) is 0 Å². The van der Waals surface area contributed by atoms with E-state index in [0.29, 0.717) is 5.92 Å². The smallest absolute Gasteiger partial charge is 0.325 e. The van der Waals surface area contributed by atoms with Gasteiger partial charge in [0.1, 0.15) is 0 Å². The lowest BCUT2D eigenvalue weighted by atomic mass is 9.86. The molecular formula is C16H31F8NO4S. The number of rotatable bonds is 9. The molecule has 0 aliphatic carbocycles. The highest BCUT2D eigenvalue weighted by Gasteiger charge is 2.73. The first-order valence-corrected chi connectivity index (χ1v) is 10.2. The lowest BCUT2D eigenvalue weighted by Gasteiger charge is -2.29. The molecule has 0 fully saturated rings. The summed E-state index contributed by atoms with van der Waals surface area (Å²) in [5.74, 6) is -16.7. The van der Waals surface area contributed by atoms with E-state index in [1.54, 1.807) is 0 Å². The minimum absolute atomic E-state index is 0.00617. The molecule has 0 heterocycles. The fourth-order valence-electron chi connectivity index (χ4n) is 1.68. The van der Waals surface area contributed by atoms with Crippen LogP contribution in [0.5, 0.6) is 0 Å². The Bertz CT molecular complexity index is 553. The maximum Gasteiger partial charge on any atom is 0.394 e. The second kappa shape index (κ2) is 13.0. The van der Waals surface area contributed by atoms with Crippen molar-refractivity contribution in [3.63, 3.8) is 0 Å². The molecule has 5 nitrogen and oxygen atoms in total. The highest BCUT2D eigenvalue weighted by molar-refractivity contribution is 7.79. The largest absolute Gasteiger partial charge is 0.394 e. The van der Waals surface area contributed by atoms with Gasteiger partial charge >= 0.3 is 34.6 Å². The average molecular weight is 485 g/mol. The quantitative estimate of drug-likeness (QED) is 0.216. The first kappa shape index (κ1) is 33.9. The summed E-state index contributed by atoms with van der Waals surface area (Å²) < 4.78 is 125. The van der Waals surface area contributed by atoms with Crippen LogP contribution in [0.3, 0.4) is 0 Å². The van der Waals surface area contributed by atoms with Gasteiger partial charge in [-0.2, -0.15) is 34.8 Å². The molecule has 0 aromatic heterocycles. The van der Waals surface area contributed by atoms with E-state index < -0.39 is 41.5 Å². The van der Waals surface area contributed by atoms with Crippen molar-refractivity contribution < 1.29 is 52.6 Å². The summed E-state index contributed by atoms with van der Waals surface area (Å²) in [6.45, 7) is 8.19. The zero-order valence-electron chi connectivity index (χ0n) is 17.4. The van der Waals surface area contributed by atoms with Crippen molar-refractivity contribution >= 4 is 10.4 Å². The lowest BCUT2D eigenvalue weighted by Crippen LogP contribution is -2.56. The van der Waals surface area contributed by atoms with E-state index in [1.807, 2.05) is 0 Å². The molecule has 30 heavy (non-hydrogen) atoms. The number of nitrogens with two attached hydrogens (primary N) is 1. The molecule has 0 radical (unpaired) electrons. The van der Waals surface area contributed by atoms with E-state index >= 15 is 0 Å². The molecule has 0 aliphatic rings. The molecule has 0 aromatic rings. The Hall–Kier alpha value is -0.730. The Morgan fingerprint density at radius 3 is 1.47 bits per heavy atom. The standard InChI is InChI=1S/C11H25N.C5H4F8.H2O4S/c1-5-6-7-8-9-10(2)11(3,4)12;1-3(8,9)5(12,13)4(10,11)2(6)7;1-5(2,3)4/h10H,5-9,12H2,1-4H3;2H,1H3;(H2,1,2,3,4). The second-order valence-corrected chi connectivity index (χ2v) is 8.30. The minimum Gasteiger partial charge on any atom is -0.325 e. The summed E-state index contributed by atoms with van der Waals surface area (Å²) in [5, 5.41) is 0. The topological polar surface area (TPSA) is 101 Å². The van der Waals surface area contributed by atoms with Gasteiger partial charge in [0, 0.05) is 12.5 Å². The van der Waals surface area contributed by atoms with Crippen molar-refractivity contribution in [2.75, 3.05) is 0 Å². The molecule has 14 heteroatoms. The van der Waals surface area contributed by atoms with Gasteiger partial charge in [-0.05, 0) is 26.2 Å². The molecule has 0 aliphatic heterocycles. The first-order valence-electron chi connectivity index (χ1n) is 8.83. The molecule has 0 saturated carbocycles. The number of hydrogen-bond donors (Lipinski definition) is 3. The summed E-state index contributed by atoms with van der Waals surface area (Å²) in [6.07, 6.45) is 1.85. The SMILES string of the molecule is CC(F)(F)C(F)(F)C(F)(F)C(F)F.CCCCCCC(C)C(C)(C)N.O=S(=O)(O)O. The highest BCUT2D eigenvalue weighted by Crippen LogP contribution is 2.48. The fourth-order valence-corrected chi connectivity index (χ4v) is 1.68. The first-order chi connectivity index (χ1) is 12.9. The van der Waals surface area contributed by atoms with E-state index in [9.17, 15) is 35.1 Å². The summed E-state index contributed by atoms with van der Waals surface area (Å²) in [4.78, 5) is 0. The van der Waals surface area contributed by atoms with Gasteiger partial charge in [-0.25, -0.2) is 8.78 Å². The van der Waals surface area contributed by atoms with Crippen molar-refractivity contribution in [3.05, 3.63) is 0 Å². The van der Waals surface area contributed by atoms with Gasteiger partial charge in [-0.3, -0.25) is 9.11 Å². The molecule has 1 atom stereocenters. The van der Waals surface area contributed by atoms with Crippen LogP contribution in [-0.4, -0.2) is 47.3 Å². The predicted molar refractivity (Wildman–Crippen MR) is 96.9 cm³/mol.